The predicted octanol–water partition coefficient (Wildman–Crippen LogP) is 6.01. The predicted molar refractivity (Wildman–Crippen MR) is 97.5 cm³/mol. The Labute approximate surface area is 144 Å². The molecule has 2 aromatic carbocycles. The molecule has 0 spiro atoms. The molecule has 0 aliphatic carbocycles. The molecular formula is C22H27FO. The van der Waals surface area contributed by atoms with Crippen molar-refractivity contribution in [2.45, 2.75) is 58.3 Å². The summed E-state index contributed by atoms with van der Waals surface area (Å²) in [6.45, 7) is 7.24. The van der Waals surface area contributed by atoms with E-state index in [0.29, 0.717) is 11.8 Å². The fourth-order valence-corrected chi connectivity index (χ4v) is 3.72. The number of ether oxygens (including phenoxy) is 1. The highest BCUT2D eigenvalue weighted by Gasteiger charge is 2.19. The van der Waals surface area contributed by atoms with Crippen molar-refractivity contribution in [2.75, 3.05) is 6.61 Å². The van der Waals surface area contributed by atoms with Gasteiger partial charge in [-0.05, 0) is 65.5 Å². The smallest absolute Gasteiger partial charge is 0.126 e. The first-order chi connectivity index (χ1) is 11.6. The molecule has 1 aliphatic rings. The maximum atomic E-state index is 14.1. The second-order valence-electron chi connectivity index (χ2n) is 6.91. The van der Waals surface area contributed by atoms with E-state index in [1.165, 1.54) is 11.1 Å². The number of hydrogen-bond donors (Lipinski definition) is 0. The van der Waals surface area contributed by atoms with E-state index in [0.717, 1.165) is 49.2 Å². The van der Waals surface area contributed by atoms with E-state index in [2.05, 4.69) is 38.1 Å². The third-order valence-corrected chi connectivity index (χ3v) is 5.34. The molecule has 1 nitrogen and oxygen atoms in total. The third-order valence-electron chi connectivity index (χ3n) is 5.34. The van der Waals surface area contributed by atoms with Crippen molar-refractivity contribution in [3.63, 3.8) is 0 Å². The summed E-state index contributed by atoms with van der Waals surface area (Å²) in [6, 6.07) is 12.4. The SMILES string of the molecule is CCc1ccc(C(C)CC(CC)c2ccc3c(c2)CCO3)cc1F. The van der Waals surface area contributed by atoms with Crippen LogP contribution in [0.5, 0.6) is 5.75 Å². The summed E-state index contributed by atoms with van der Waals surface area (Å²) >= 11 is 0. The molecule has 1 aliphatic heterocycles. The highest BCUT2D eigenvalue weighted by molar-refractivity contribution is 5.41. The Morgan fingerprint density at radius 2 is 1.88 bits per heavy atom. The number of hydrogen-bond acceptors (Lipinski definition) is 1. The molecule has 0 saturated heterocycles. The van der Waals surface area contributed by atoms with Crippen molar-refractivity contribution in [2.24, 2.45) is 0 Å². The number of halogens is 1. The van der Waals surface area contributed by atoms with Crippen LogP contribution in [0.3, 0.4) is 0 Å². The first-order valence-electron chi connectivity index (χ1n) is 9.16. The molecule has 2 heteroatoms. The van der Waals surface area contributed by atoms with Gasteiger partial charge in [-0.1, -0.05) is 45.0 Å². The van der Waals surface area contributed by atoms with Crippen LogP contribution in [-0.4, -0.2) is 6.61 Å². The quantitative estimate of drug-likeness (QED) is 0.631. The average molecular weight is 326 g/mol. The van der Waals surface area contributed by atoms with Crippen molar-refractivity contribution in [1.82, 2.24) is 0 Å². The fraction of sp³-hybridized carbons (Fsp3) is 0.455. The van der Waals surface area contributed by atoms with Crippen LogP contribution in [0.25, 0.3) is 0 Å². The summed E-state index contributed by atoms with van der Waals surface area (Å²) < 4.78 is 19.7. The van der Waals surface area contributed by atoms with E-state index in [1.807, 2.05) is 13.0 Å². The average Bonchev–Trinajstić information content (AvgIpc) is 3.07. The molecule has 2 atom stereocenters. The molecule has 0 radical (unpaired) electrons. The molecule has 1 heterocycles. The highest BCUT2D eigenvalue weighted by Crippen LogP contribution is 2.35. The summed E-state index contributed by atoms with van der Waals surface area (Å²) in [4.78, 5) is 0. The Bertz CT molecular complexity index is 707. The van der Waals surface area contributed by atoms with E-state index in [1.54, 1.807) is 6.07 Å². The molecule has 2 aromatic rings. The van der Waals surface area contributed by atoms with Crippen LogP contribution in [0.4, 0.5) is 4.39 Å². The Balaban J connectivity index is 1.76. The summed E-state index contributed by atoms with van der Waals surface area (Å²) in [5.74, 6) is 1.82. The number of fused-ring (bicyclic) bond motifs is 1. The molecule has 0 bridgehead atoms. The van der Waals surface area contributed by atoms with Gasteiger partial charge in [-0.15, -0.1) is 0 Å². The van der Waals surface area contributed by atoms with Gasteiger partial charge in [0.15, 0.2) is 0 Å². The second-order valence-corrected chi connectivity index (χ2v) is 6.91. The lowest BCUT2D eigenvalue weighted by Gasteiger charge is -2.21. The minimum Gasteiger partial charge on any atom is -0.493 e. The zero-order valence-corrected chi connectivity index (χ0v) is 14.9. The van der Waals surface area contributed by atoms with E-state index < -0.39 is 0 Å². The van der Waals surface area contributed by atoms with Crippen LogP contribution in [0.1, 0.15) is 67.7 Å². The molecule has 0 fully saturated rings. The summed E-state index contributed by atoms with van der Waals surface area (Å²) in [5, 5.41) is 0. The maximum Gasteiger partial charge on any atom is 0.126 e. The van der Waals surface area contributed by atoms with Crippen molar-refractivity contribution < 1.29 is 9.13 Å². The molecule has 0 N–H and O–H groups in total. The molecule has 0 saturated carbocycles. The zero-order chi connectivity index (χ0) is 17.1. The number of aryl methyl sites for hydroxylation is 1. The largest absolute Gasteiger partial charge is 0.493 e. The van der Waals surface area contributed by atoms with Crippen LogP contribution >= 0.6 is 0 Å². The van der Waals surface area contributed by atoms with Crippen molar-refractivity contribution >= 4 is 0 Å². The van der Waals surface area contributed by atoms with Gasteiger partial charge in [-0.3, -0.25) is 0 Å². The van der Waals surface area contributed by atoms with Crippen molar-refractivity contribution in [3.8, 4) is 5.75 Å². The van der Waals surface area contributed by atoms with Crippen LogP contribution in [0.2, 0.25) is 0 Å². The van der Waals surface area contributed by atoms with Crippen molar-refractivity contribution in [3.05, 3.63) is 64.5 Å². The van der Waals surface area contributed by atoms with Gasteiger partial charge >= 0.3 is 0 Å². The standard InChI is InChI=1S/C22H27FO/c1-4-16-6-7-18(14-21(16)23)15(3)12-17(5-2)19-8-9-22-20(13-19)10-11-24-22/h6-9,13-15,17H,4-5,10-12H2,1-3H3. The maximum absolute atomic E-state index is 14.1. The van der Waals surface area contributed by atoms with Gasteiger partial charge in [-0.2, -0.15) is 0 Å². The Morgan fingerprint density at radius 1 is 1.08 bits per heavy atom. The molecule has 24 heavy (non-hydrogen) atoms. The van der Waals surface area contributed by atoms with Crippen LogP contribution < -0.4 is 4.74 Å². The first-order valence-corrected chi connectivity index (χ1v) is 9.16. The minimum atomic E-state index is -0.0652. The topological polar surface area (TPSA) is 9.23 Å². The van der Waals surface area contributed by atoms with E-state index in [9.17, 15) is 4.39 Å². The summed E-state index contributed by atoms with van der Waals surface area (Å²) in [7, 11) is 0. The van der Waals surface area contributed by atoms with Gasteiger partial charge < -0.3 is 4.74 Å². The lowest BCUT2D eigenvalue weighted by atomic mass is 9.84. The third kappa shape index (κ3) is 3.48. The Kier molecular flexibility index (Phi) is 5.23. The van der Waals surface area contributed by atoms with Gasteiger partial charge in [-0.25, -0.2) is 4.39 Å². The number of benzene rings is 2. The van der Waals surface area contributed by atoms with Gasteiger partial charge in [0.25, 0.3) is 0 Å². The Hall–Kier alpha value is -1.83. The molecule has 3 rings (SSSR count). The van der Waals surface area contributed by atoms with Gasteiger partial charge in [0, 0.05) is 6.42 Å². The molecule has 0 amide bonds. The van der Waals surface area contributed by atoms with Gasteiger partial charge in [0.2, 0.25) is 0 Å². The molecular weight excluding hydrogens is 299 g/mol. The minimum absolute atomic E-state index is 0.0652. The Morgan fingerprint density at radius 3 is 2.58 bits per heavy atom. The van der Waals surface area contributed by atoms with E-state index in [-0.39, 0.29) is 5.82 Å². The fourth-order valence-electron chi connectivity index (χ4n) is 3.72. The lowest BCUT2D eigenvalue weighted by Crippen LogP contribution is -2.05. The zero-order valence-electron chi connectivity index (χ0n) is 14.9. The normalized spacial score (nSPS) is 15.7. The monoisotopic (exact) mass is 326 g/mol. The number of rotatable bonds is 6. The van der Waals surface area contributed by atoms with Gasteiger partial charge in [0.1, 0.15) is 11.6 Å². The van der Waals surface area contributed by atoms with Crippen LogP contribution in [0, 0.1) is 5.82 Å². The summed E-state index contributed by atoms with van der Waals surface area (Å²) in [5.41, 5.74) is 4.63. The molecule has 0 aromatic heterocycles. The summed E-state index contributed by atoms with van der Waals surface area (Å²) in [6.07, 6.45) is 3.90. The van der Waals surface area contributed by atoms with Crippen LogP contribution in [-0.2, 0) is 12.8 Å². The highest BCUT2D eigenvalue weighted by atomic mass is 19.1. The van der Waals surface area contributed by atoms with Gasteiger partial charge in [0.05, 0.1) is 6.61 Å². The molecule has 128 valence electrons. The van der Waals surface area contributed by atoms with E-state index in [4.69, 9.17) is 4.74 Å². The molecule has 2 unspecified atom stereocenters. The lowest BCUT2D eigenvalue weighted by molar-refractivity contribution is 0.356. The first kappa shape index (κ1) is 17.0. The van der Waals surface area contributed by atoms with Crippen molar-refractivity contribution in [1.29, 1.82) is 0 Å². The van der Waals surface area contributed by atoms with Crippen LogP contribution in [0.15, 0.2) is 36.4 Å². The van der Waals surface area contributed by atoms with E-state index >= 15 is 0 Å². The second kappa shape index (κ2) is 7.38.